The average molecular weight is 308 g/mol. The highest BCUT2D eigenvalue weighted by atomic mass is 32.1. The van der Waals surface area contributed by atoms with Crippen LogP contribution >= 0.6 is 11.3 Å². The van der Waals surface area contributed by atoms with Crippen LogP contribution in [0.2, 0.25) is 0 Å². The largest absolute Gasteiger partial charge is 0.417 e. The Balaban J connectivity index is 1.83. The van der Waals surface area contributed by atoms with E-state index in [2.05, 4.69) is 5.32 Å². The molecule has 1 aliphatic heterocycles. The van der Waals surface area contributed by atoms with Gasteiger partial charge in [-0.2, -0.15) is 13.2 Å². The lowest BCUT2D eigenvalue weighted by molar-refractivity contribution is -0.271. The minimum absolute atomic E-state index is 0.105. The summed E-state index contributed by atoms with van der Waals surface area (Å²) in [6, 6.07) is 3.32. The van der Waals surface area contributed by atoms with Gasteiger partial charge >= 0.3 is 12.2 Å². The molecule has 2 rings (SSSR count). The number of alkyl halides is 3. The second kappa shape index (κ2) is 5.61. The first-order valence-corrected chi connectivity index (χ1v) is 7.04. The number of urea groups is 1. The summed E-state index contributed by atoms with van der Waals surface area (Å²) >= 11 is 1.49. The van der Waals surface area contributed by atoms with Gasteiger partial charge in [0.15, 0.2) is 5.60 Å². The molecule has 1 fully saturated rings. The molecule has 1 saturated heterocycles. The summed E-state index contributed by atoms with van der Waals surface area (Å²) < 4.78 is 37.9. The number of rotatable bonds is 2. The average Bonchev–Trinajstić information content (AvgIpc) is 2.88. The minimum atomic E-state index is -4.65. The van der Waals surface area contributed by atoms with E-state index in [1.165, 1.54) is 16.2 Å². The third kappa shape index (κ3) is 3.24. The van der Waals surface area contributed by atoms with Gasteiger partial charge in [-0.1, -0.05) is 6.07 Å². The Morgan fingerprint density at radius 3 is 2.60 bits per heavy atom. The van der Waals surface area contributed by atoms with Gasteiger partial charge in [0.25, 0.3) is 0 Å². The molecule has 0 radical (unpaired) electrons. The maximum atomic E-state index is 12.6. The normalized spacial score (nSPS) is 18.9. The Bertz CT molecular complexity index is 454. The summed E-state index contributed by atoms with van der Waals surface area (Å²) in [4.78, 5) is 14.1. The number of carbonyl (C=O) groups is 1. The van der Waals surface area contributed by atoms with Crippen LogP contribution in [0.4, 0.5) is 18.0 Å². The Hall–Kier alpha value is -1.28. The number of hydrogen-bond acceptors (Lipinski definition) is 3. The summed E-state index contributed by atoms with van der Waals surface area (Å²) in [5, 5.41) is 14.0. The van der Waals surface area contributed by atoms with E-state index < -0.39 is 30.7 Å². The molecule has 1 aromatic rings. The summed E-state index contributed by atoms with van der Waals surface area (Å²) in [5.74, 6) is 0. The van der Waals surface area contributed by atoms with Crippen LogP contribution in [0.15, 0.2) is 17.5 Å². The lowest BCUT2D eigenvalue weighted by atomic mass is 9.91. The lowest BCUT2D eigenvalue weighted by Gasteiger charge is -2.38. The third-order valence-corrected chi connectivity index (χ3v) is 4.28. The molecule has 20 heavy (non-hydrogen) atoms. The number of thiophene rings is 1. The van der Waals surface area contributed by atoms with Crippen molar-refractivity contribution in [2.45, 2.75) is 31.2 Å². The maximum absolute atomic E-state index is 12.6. The Morgan fingerprint density at radius 2 is 2.10 bits per heavy atom. The quantitative estimate of drug-likeness (QED) is 0.881. The molecule has 0 atom stereocenters. The van der Waals surface area contributed by atoms with Crippen molar-refractivity contribution in [2.24, 2.45) is 0 Å². The van der Waals surface area contributed by atoms with Gasteiger partial charge in [-0.05, 0) is 11.4 Å². The van der Waals surface area contributed by atoms with E-state index in [1.54, 1.807) is 0 Å². The predicted molar refractivity (Wildman–Crippen MR) is 68.4 cm³/mol. The van der Waals surface area contributed by atoms with Crippen molar-refractivity contribution in [1.29, 1.82) is 0 Å². The number of nitrogens with zero attached hydrogens (tertiary/aromatic N) is 1. The van der Waals surface area contributed by atoms with Crippen molar-refractivity contribution in [1.82, 2.24) is 10.2 Å². The van der Waals surface area contributed by atoms with Crippen molar-refractivity contribution in [3.8, 4) is 0 Å². The van der Waals surface area contributed by atoms with Gasteiger partial charge in [0.05, 0.1) is 6.54 Å². The summed E-state index contributed by atoms with van der Waals surface area (Å²) in [7, 11) is 0. The van der Waals surface area contributed by atoms with Crippen molar-refractivity contribution in [3.05, 3.63) is 22.4 Å². The first kappa shape index (κ1) is 15.1. The van der Waals surface area contributed by atoms with Crippen LogP contribution in [-0.4, -0.2) is 40.9 Å². The van der Waals surface area contributed by atoms with E-state index in [0.29, 0.717) is 6.54 Å². The van der Waals surface area contributed by atoms with E-state index in [9.17, 15) is 23.1 Å². The maximum Gasteiger partial charge on any atom is 0.417 e. The van der Waals surface area contributed by atoms with E-state index in [4.69, 9.17) is 0 Å². The molecule has 0 aromatic carbocycles. The van der Waals surface area contributed by atoms with E-state index in [0.717, 1.165) is 4.88 Å². The Morgan fingerprint density at radius 1 is 1.45 bits per heavy atom. The van der Waals surface area contributed by atoms with Crippen LogP contribution in [0.25, 0.3) is 0 Å². The number of aliphatic hydroxyl groups is 1. The van der Waals surface area contributed by atoms with Gasteiger partial charge in [0, 0.05) is 30.8 Å². The van der Waals surface area contributed by atoms with E-state index >= 15 is 0 Å². The molecule has 0 saturated carbocycles. The summed E-state index contributed by atoms with van der Waals surface area (Å²) in [6.07, 6.45) is -5.61. The highest BCUT2D eigenvalue weighted by Crippen LogP contribution is 2.38. The molecular formula is C12H15F3N2O2S. The molecule has 0 unspecified atom stereocenters. The zero-order valence-electron chi connectivity index (χ0n) is 10.6. The number of nitrogens with one attached hydrogen (secondary N) is 1. The van der Waals surface area contributed by atoms with Crippen LogP contribution in [0, 0.1) is 0 Å². The second-order valence-corrected chi connectivity index (χ2v) is 5.79. The van der Waals surface area contributed by atoms with Crippen molar-refractivity contribution in [3.63, 3.8) is 0 Å². The molecule has 0 bridgehead atoms. The summed E-state index contributed by atoms with van der Waals surface area (Å²) in [5.41, 5.74) is -2.67. The number of carbonyl (C=O) groups excluding carboxylic acids is 1. The van der Waals surface area contributed by atoms with Crippen molar-refractivity contribution in [2.75, 3.05) is 13.1 Å². The fourth-order valence-corrected chi connectivity index (χ4v) is 2.70. The topological polar surface area (TPSA) is 52.6 Å². The van der Waals surface area contributed by atoms with Gasteiger partial charge in [0.2, 0.25) is 0 Å². The fraction of sp³-hybridized carbons (Fsp3) is 0.583. The highest BCUT2D eigenvalue weighted by molar-refractivity contribution is 7.09. The van der Waals surface area contributed by atoms with Crippen LogP contribution in [0.5, 0.6) is 0 Å². The van der Waals surface area contributed by atoms with Crippen LogP contribution < -0.4 is 5.32 Å². The van der Waals surface area contributed by atoms with Crippen molar-refractivity contribution >= 4 is 17.4 Å². The van der Waals surface area contributed by atoms with Crippen LogP contribution in [-0.2, 0) is 6.54 Å². The molecule has 2 amide bonds. The Kier molecular flexibility index (Phi) is 4.24. The molecule has 2 N–H and O–H groups in total. The Labute approximate surface area is 118 Å². The van der Waals surface area contributed by atoms with E-state index in [1.807, 2.05) is 17.5 Å². The number of amides is 2. The molecule has 2 heterocycles. The summed E-state index contributed by atoms with van der Waals surface area (Å²) in [6.45, 7) is 0.148. The second-order valence-electron chi connectivity index (χ2n) is 4.75. The zero-order chi connectivity index (χ0) is 14.8. The number of likely N-dealkylation sites (tertiary alicyclic amines) is 1. The fourth-order valence-electron chi connectivity index (χ4n) is 2.05. The van der Waals surface area contributed by atoms with Crippen LogP contribution in [0.1, 0.15) is 17.7 Å². The third-order valence-electron chi connectivity index (χ3n) is 3.40. The molecule has 112 valence electrons. The van der Waals surface area contributed by atoms with Gasteiger partial charge < -0.3 is 15.3 Å². The van der Waals surface area contributed by atoms with Gasteiger partial charge in [-0.3, -0.25) is 0 Å². The molecule has 0 aliphatic carbocycles. The predicted octanol–water partition coefficient (Wildman–Crippen LogP) is 2.35. The molecule has 1 aliphatic rings. The molecule has 0 spiro atoms. The smallest absolute Gasteiger partial charge is 0.380 e. The van der Waals surface area contributed by atoms with Crippen LogP contribution in [0.3, 0.4) is 0 Å². The minimum Gasteiger partial charge on any atom is -0.380 e. The number of piperidine rings is 1. The number of halogens is 3. The SMILES string of the molecule is O=C(NCc1cccs1)N1CCC(O)(C(F)(F)F)CC1. The number of hydrogen-bond donors (Lipinski definition) is 2. The molecule has 4 nitrogen and oxygen atoms in total. The first-order chi connectivity index (χ1) is 9.32. The standard InChI is InChI=1S/C12H15F3N2O2S/c13-12(14,15)11(19)3-5-17(6-4-11)10(18)16-8-9-2-1-7-20-9/h1-2,7,19H,3-6,8H2,(H,16,18). The van der Waals surface area contributed by atoms with Gasteiger partial charge in [-0.25, -0.2) is 4.79 Å². The van der Waals surface area contributed by atoms with Crippen molar-refractivity contribution < 1.29 is 23.1 Å². The highest BCUT2D eigenvalue weighted by Gasteiger charge is 2.54. The van der Waals surface area contributed by atoms with Gasteiger partial charge in [0.1, 0.15) is 0 Å². The monoisotopic (exact) mass is 308 g/mol. The van der Waals surface area contributed by atoms with Gasteiger partial charge in [-0.15, -0.1) is 11.3 Å². The van der Waals surface area contributed by atoms with E-state index in [-0.39, 0.29) is 13.1 Å². The molecule has 8 heteroatoms. The lowest BCUT2D eigenvalue weighted by Crippen LogP contribution is -2.55. The molecular weight excluding hydrogens is 293 g/mol. The first-order valence-electron chi connectivity index (χ1n) is 6.16. The zero-order valence-corrected chi connectivity index (χ0v) is 11.4. The molecule has 1 aromatic heterocycles.